The Labute approximate surface area is 237 Å². The standard InChI is InChI=1S/C27H28B3ClN4O4/c28-27(29,30)35-22-3-2-17(31)12-21(22)26(25(35)38)5-7-33(8-6-26)9-10-39-20-11-16-1-4-23(37)34(24(16)32-15-20)18-13-19(36)14-18/h2-3,11-12,15,18-19,36H,1,4-10,13-14H2. The highest BCUT2D eigenvalue weighted by Gasteiger charge is 2.53. The number of likely N-dealkylation sites (tertiary alicyclic amines) is 1. The van der Waals surface area contributed by atoms with E-state index in [9.17, 15) is 14.7 Å². The van der Waals surface area contributed by atoms with Gasteiger partial charge in [0.2, 0.25) is 11.8 Å². The number of aryl methyl sites for hydroxylation is 1. The average Bonchev–Trinajstić information content (AvgIpc) is 3.11. The Morgan fingerprint density at radius 3 is 2.56 bits per heavy atom. The minimum Gasteiger partial charge on any atom is -0.491 e. The molecular formula is C27H28B3ClN4O4. The number of anilines is 2. The molecule has 12 heteroatoms. The van der Waals surface area contributed by atoms with Crippen LogP contribution in [0.3, 0.4) is 0 Å². The number of hydrogen-bond donors (Lipinski definition) is 1. The highest BCUT2D eigenvalue weighted by Crippen LogP contribution is 2.50. The van der Waals surface area contributed by atoms with Gasteiger partial charge in [0.25, 0.3) is 0 Å². The number of hydrogen-bond acceptors (Lipinski definition) is 6. The van der Waals surface area contributed by atoms with Gasteiger partial charge in [-0.15, -0.1) is 0 Å². The molecular weight excluding hydrogens is 512 g/mol. The molecule has 1 aromatic heterocycles. The van der Waals surface area contributed by atoms with Crippen molar-refractivity contribution in [2.75, 3.05) is 36.0 Å². The quantitative estimate of drug-likeness (QED) is 0.558. The first-order valence-electron chi connectivity index (χ1n) is 13.4. The summed E-state index contributed by atoms with van der Waals surface area (Å²) in [6, 6.07) is 7.27. The summed E-state index contributed by atoms with van der Waals surface area (Å²) in [5.74, 6) is 1.23. The zero-order valence-corrected chi connectivity index (χ0v) is 22.4. The normalized spacial score (nSPS) is 24.5. The number of nitrogens with zero attached hydrogens (tertiary/aromatic N) is 4. The van der Waals surface area contributed by atoms with Crippen molar-refractivity contribution in [2.45, 2.75) is 61.3 Å². The van der Waals surface area contributed by atoms with Crippen LogP contribution in [0.5, 0.6) is 5.75 Å². The fourth-order valence-corrected chi connectivity index (χ4v) is 6.60. The number of halogens is 1. The molecule has 0 unspecified atom stereocenters. The van der Waals surface area contributed by atoms with E-state index in [1.807, 2.05) is 12.1 Å². The molecule has 8 nitrogen and oxygen atoms in total. The van der Waals surface area contributed by atoms with Crippen molar-refractivity contribution in [1.29, 1.82) is 0 Å². The third-order valence-electron chi connectivity index (χ3n) is 8.58. The molecule has 196 valence electrons. The van der Waals surface area contributed by atoms with Crippen LogP contribution in [0.25, 0.3) is 0 Å². The number of carbonyl (C=O) groups is 2. The molecule has 0 atom stereocenters. The van der Waals surface area contributed by atoms with E-state index in [1.165, 1.54) is 4.90 Å². The number of benzene rings is 1. The summed E-state index contributed by atoms with van der Waals surface area (Å²) in [4.78, 5) is 36.0. The van der Waals surface area contributed by atoms with Gasteiger partial charge in [0.05, 0.1) is 41.3 Å². The van der Waals surface area contributed by atoms with Gasteiger partial charge in [0.15, 0.2) is 0 Å². The van der Waals surface area contributed by atoms with Crippen LogP contribution in [0.4, 0.5) is 11.5 Å². The Balaban J connectivity index is 1.08. The number of fused-ring (bicyclic) bond motifs is 3. The fourth-order valence-electron chi connectivity index (χ4n) is 6.43. The number of amides is 2. The van der Waals surface area contributed by atoms with E-state index < -0.39 is 10.7 Å². The molecule has 4 heterocycles. The molecule has 4 aliphatic rings. The maximum Gasteiger partial charge on any atom is 0.236 e. The van der Waals surface area contributed by atoms with Crippen LogP contribution in [0, 0.1) is 0 Å². The minimum atomic E-state index is -1.81. The molecule has 3 aliphatic heterocycles. The second-order valence-electron chi connectivity index (χ2n) is 11.2. The van der Waals surface area contributed by atoms with E-state index in [1.54, 1.807) is 23.2 Å². The van der Waals surface area contributed by atoms with Gasteiger partial charge in [-0.05, 0) is 80.6 Å². The summed E-state index contributed by atoms with van der Waals surface area (Å²) in [6.45, 7) is 2.53. The molecule has 2 amide bonds. The third-order valence-corrected chi connectivity index (χ3v) is 8.81. The molecule has 1 saturated carbocycles. The highest BCUT2D eigenvalue weighted by atomic mass is 35.5. The predicted octanol–water partition coefficient (Wildman–Crippen LogP) is 1.41. The lowest BCUT2D eigenvalue weighted by molar-refractivity contribution is -0.125. The first-order chi connectivity index (χ1) is 18.6. The number of carbonyl (C=O) groups excluding carboxylic acids is 2. The number of piperidine rings is 1. The van der Waals surface area contributed by atoms with E-state index >= 15 is 0 Å². The molecule has 1 saturated heterocycles. The smallest absolute Gasteiger partial charge is 0.236 e. The summed E-state index contributed by atoms with van der Waals surface area (Å²) in [5, 5.41) is 8.42. The molecule has 1 spiro atoms. The number of aliphatic hydroxyl groups excluding tert-OH is 1. The SMILES string of the molecule is [B]C([B])([B])N1C(=O)C2(CCN(CCOc3cnc4c(c3)CCC(=O)N4C3CC(O)C3)CC2)c2cc(Cl)ccc21. The third kappa shape index (κ3) is 4.66. The van der Waals surface area contributed by atoms with E-state index in [4.69, 9.17) is 39.9 Å². The molecule has 6 radical (unpaired) electrons. The molecule has 1 aliphatic carbocycles. The number of rotatable bonds is 6. The lowest BCUT2D eigenvalue weighted by Crippen LogP contribution is -2.57. The second-order valence-corrected chi connectivity index (χ2v) is 11.6. The van der Waals surface area contributed by atoms with Gasteiger partial charge in [-0.25, -0.2) is 4.98 Å². The molecule has 1 aromatic carbocycles. The summed E-state index contributed by atoms with van der Waals surface area (Å²) < 4.78 is 6.04. The average molecular weight is 540 g/mol. The number of aliphatic hydroxyl groups is 1. The number of pyridine rings is 1. The molecule has 1 N–H and O–H groups in total. The van der Waals surface area contributed by atoms with Crippen molar-refractivity contribution in [1.82, 2.24) is 9.88 Å². The van der Waals surface area contributed by atoms with Gasteiger partial charge in [0.1, 0.15) is 18.2 Å². The molecule has 0 bridgehead atoms. The first-order valence-corrected chi connectivity index (χ1v) is 13.8. The lowest BCUT2D eigenvalue weighted by Gasteiger charge is -2.42. The topological polar surface area (TPSA) is 86.2 Å². The van der Waals surface area contributed by atoms with Crippen molar-refractivity contribution >= 4 is 58.5 Å². The monoisotopic (exact) mass is 540 g/mol. The second kappa shape index (κ2) is 9.86. The maximum absolute atomic E-state index is 13.6. The van der Waals surface area contributed by atoms with Gasteiger partial charge in [0, 0.05) is 29.7 Å². The van der Waals surface area contributed by atoms with Gasteiger partial charge >= 0.3 is 0 Å². The molecule has 2 aromatic rings. The van der Waals surface area contributed by atoms with E-state index in [2.05, 4.69) is 9.88 Å². The predicted molar refractivity (Wildman–Crippen MR) is 151 cm³/mol. The Morgan fingerprint density at radius 2 is 1.87 bits per heavy atom. The summed E-state index contributed by atoms with van der Waals surface area (Å²) >= 11 is 6.30. The summed E-state index contributed by atoms with van der Waals surface area (Å²) in [7, 11) is 17.9. The zero-order chi connectivity index (χ0) is 27.5. The largest absolute Gasteiger partial charge is 0.491 e. The van der Waals surface area contributed by atoms with Gasteiger partial charge < -0.3 is 14.7 Å². The van der Waals surface area contributed by atoms with Crippen molar-refractivity contribution in [3.05, 3.63) is 46.6 Å². The van der Waals surface area contributed by atoms with E-state index in [0.717, 1.165) is 11.1 Å². The zero-order valence-electron chi connectivity index (χ0n) is 21.7. The molecule has 39 heavy (non-hydrogen) atoms. The van der Waals surface area contributed by atoms with Crippen molar-refractivity contribution in [2.24, 2.45) is 0 Å². The Hall–Kier alpha value is -2.49. The maximum atomic E-state index is 13.6. The highest BCUT2D eigenvalue weighted by molar-refractivity contribution is 6.62. The van der Waals surface area contributed by atoms with Crippen molar-refractivity contribution in [3.63, 3.8) is 0 Å². The van der Waals surface area contributed by atoms with Crippen LogP contribution >= 0.6 is 11.6 Å². The number of aromatic nitrogens is 1. The van der Waals surface area contributed by atoms with Crippen LogP contribution in [0.2, 0.25) is 5.02 Å². The Kier molecular flexibility index (Phi) is 6.75. The van der Waals surface area contributed by atoms with Crippen LogP contribution in [0.15, 0.2) is 30.5 Å². The summed E-state index contributed by atoms with van der Waals surface area (Å²) in [6.07, 6.45) is 4.75. The summed E-state index contributed by atoms with van der Waals surface area (Å²) in [5.41, 5.74) is 1.67. The van der Waals surface area contributed by atoms with Crippen molar-refractivity contribution < 1.29 is 19.4 Å². The Bertz CT molecular complexity index is 1310. The van der Waals surface area contributed by atoms with Gasteiger partial charge in [-0.3, -0.25) is 19.4 Å². The van der Waals surface area contributed by atoms with Crippen molar-refractivity contribution in [3.8, 4) is 5.75 Å². The van der Waals surface area contributed by atoms with Crippen LogP contribution in [0.1, 0.15) is 43.2 Å². The molecule has 6 rings (SSSR count). The number of ether oxygens (including phenoxy) is 1. The minimum absolute atomic E-state index is 0.0195. The lowest BCUT2D eigenvalue weighted by atomic mass is 9.48. The van der Waals surface area contributed by atoms with E-state index in [-0.39, 0.29) is 24.0 Å². The first kappa shape index (κ1) is 26.7. The van der Waals surface area contributed by atoms with Crippen LogP contribution in [-0.2, 0) is 21.4 Å². The van der Waals surface area contributed by atoms with Crippen LogP contribution < -0.4 is 14.5 Å². The van der Waals surface area contributed by atoms with Crippen LogP contribution in [-0.4, -0.2) is 94.0 Å². The van der Waals surface area contributed by atoms with Gasteiger partial charge in [-0.2, -0.15) is 0 Å². The Morgan fingerprint density at radius 1 is 1.13 bits per heavy atom. The van der Waals surface area contributed by atoms with Gasteiger partial charge in [-0.1, -0.05) is 16.8 Å². The van der Waals surface area contributed by atoms with E-state index in [0.29, 0.717) is 87.0 Å². The fraction of sp³-hybridized carbons (Fsp3) is 0.519. The molecule has 2 fully saturated rings.